The molecule has 0 aliphatic rings. The summed E-state index contributed by atoms with van der Waals surface area (Å²) in [6.45, 7) is 1.68. The average Bonchev–Trinajstić information content (AvgIpc) is 2.23. The van der Waals surface area contributed by atoms with Crippen molar-refractivity contribution in [3.63, 3.8) is 0 Å². The van der Waals surface area contributed by atoms with Gasteiger partial charge in [0.25, 0.3) is 11.2 Å². The number of hydrogen-bond acceptors (Lipinski definition) is 4. The van der Waals surface area contributed by atoms with Gasteiger partial charge in [-0.3, -0.25) is 14.9 Å². The number of aryl methyl sites for hydroxylation is 1. The van der Waals surface area contributed by atoms with Crippen molar-refractivity contribution < 1.29 is 4.92 Å². The van der Waals surface area contributed by atoms with E-state index in [0.29, 0.717) is 11.1 Å². The number of hydrogen-bond donors (Lipinski definition) is 1. The minimum Gasteiger partial charge on any atom is -0.267 e. The molecule has 1 N–H and O–H groups in total. The predicted molar refractivity (Wildman–Crippen MR) is 53.8 cm³/mol. The highest BCUT2D eigenvalue weighted by Gasteiger charge is 2.15. The molecule has 0 atom stereocenters. The summed E-state index contributed by atoms with van der Waals surface area (Å²) in [5, 5.41) is 17.3. The summed E-state index contributed by atoms with van der Waals surface area (Å²) in [6.07, 6.45) is 0. The maximum absolute atomic E-state index is 11.4. The summed E-state index contributed by atoms with van der Waals surface area (Å²) in [5.74, 6) is 0. The second-order valence-electron chi connectivity index (χ2n) is 3.09. The summed E-state index contributed by atoms with van der Waals surface area (Å²) in [6, 6.07) is 4.48. The highest BCUT2D eigenvalue weighted by molar-refractivity contribution is 5.91. The van der Waals surface area contributed by atoms with Crippen molar-refractivity contribution >= 4 is 16.5 Å². The van der Waals surface area contributed by atoms with Crippen LogP contribution in [0.3, 0.4) is 0 Å². The van der Waals surface area contributed by atoms with E-state index in [2.05, 4.69) is 10.2 Å². The van der Waals surface area contributed by atoms with E-state index < -0.39 is 10.5 Å². The Morgan fingerprint density at radius 2 is 2.20 bits per heavy atom. The fourth-order valence-corrected chi connectivity index (χ4v) is 1.48. The molecule has 0 bridgehead atoms. The van der Waals surface area contributed by atoms with Crippen LogP contribution in [0, 0.1) is 17.0 Å². The molecular formula is C9H7N3O3. The van der Waals surface area contributed by atoms with E-state index in [1.165, 1.54) is 12.1 Å². The Labute approximate surface area is 83.7 Å². The predicted octanol–water partition coefficient (Wildman–Crippen LogP) is 1.14. The van der Waals surface area contributed by atoms with E-state index in [-0.39, 0.29) is 11.1 Å². The lowest BCUT2D eigenvalue weighted by atomic mass is 10.1. The van der Waals surface area contributed by atoms with Crippen molar-refractivity contribution in [1.82, 2.24) is 10.2 Å². The van der Waals surface area contributed by atoms with Gasteiger partial charge in [-0.1, -0.05) is 12.1 Å². The first-order valence-corrected chi connectivity index (χ1v) is 4.23. The van der Waals surface area contributed by atoms with Gasteiger partial charge < -0.3 is 0 Å². The van der Waals surface area contributed by atoms with E-state index in [1.807, 2.05) is 0 Å². The van der Waals surface area contributed by atoms with Crippen molar-refractivity contribution in [2.45, 2.75) is 6.92 Å². The lowest BCUT2D eigenvalue weighted by molar-refractivity contribution is -0.383. The van der Waals surface area contributed by atoms with Crippen LogP contribution < -0.4 is 5.56 Å². The highest BCUT2D eigenvalue weighted by Crippen LogP contribution is 2.22. The van der Waals surface area contributed by atoms with E-state index in [4.69, 9.17) is 0 Å². The summed E-state index contributed by atoms with van der Waals surface area (Å²) in [7, 11) is 0. The number of nitro benzene ring substituents is 1. The molecule has 0 saturated carbocycles. The topological polar surface area (TPSA) is 88.9 Å². The number of nitrogens with zero attached hydrogens (tertiary/aromatic N) is 2. The quantitative estimate of drug-likeness (QED) is 0.558. The van der Waals surface area contributed by atoms with Crippen LogP contribution in [0.5, 0.6) is 0 Å². The number of aromatic nitrogens is 2. The zero-order valence-corrected chi connectivity index (χ0v) is 7.85. The Kier molecular flexibility index (Phi) is 1.96. The normalized spacial score (nSPS) is 10.5. The number of aromatic amines is 1. The molecule has 0 radical (unpaired) electrons. The number of nitro groups is 1. The SMILES string of the molecule is Cc1n[nH]c(=O)c2c([N+](=O)[O-])cccc12. The van der Waals surface area contributed by atoms with Gasteiger partial charge in [0, 0.05) is 11.5 Å². The van der Waals surface area contributed by atoms with E-state index >= 15 is 0 Å². The maximum Gasteiger partial charge on any atom is 0.282 e. The monoisotopic (exact) mass is 205 g/mol. The number of fused-ring (bicyclic) bond motifs is 1. The van der Waals surface area contributed by atoms with Gasteiger partial charge in [0.1, 0.15) is 5.39 Å². The van der Waals surface area contributed by atoms with Gasteiger partial charge in [0.05, 0.1) is 10.6 Å². The molecule has 0 saturated heterocycles. The Bertz CT molecular complexity index is 603. The first kappa shape index (κ1) is 9.32. The number of rotatable bonds is 1. The molecule has 1 heterocycles. The fraction of sp³-hybridized carbons (Fsp3) is 0.111. The van der Waals surface area contributed by atoms with Crippen LogP contribution in [-0.4, -0.2) is 15.1 Å². The smallest absolute Gasteiger partial charge is 0.267 e. The van der Waals surface area contributed by atoms with Crippen LogP contribution in [0.4, 0.5) is 5.69 Å². The summed E-state index contributed by atoms with van der Waals surface area (Å²) in [5.41, 5.74) is -0.171. The van der Waals surface area contributed by atoms with Gasteiger partial charge in [-0.05, 0) is 6.92 Å². The van der Waals surface area contributed by atoms with Gasteiger partial charge in [-0.2, -0.15) is 5.10 Å². The Balaban J connectivity index is 3.03. The molecule has 6 heteroatoms. The molecule has 1 aromatic carbocycles. The lowest BCUT2D eigenvalue weighted by Gasteiger charge is -1.99. The van der Waals surface area contributed by atoms with Crippen LogP contribution in [0.25, 0.3) is 10.8 Å². The van der Waals surface area contributed by atoms with Crippen LogP contribution >= 0.6 is 0 Å². The molecule has 15 heavy (non-hydrogen) atoms. The number of H-pyrrole nitrogens is 1. The molecule has 2 aromatic rings. The Morgan fingerprint density at radius 1 is 1.47 bits per heavy atom. The molecule has 0 amide bonds. The third-order valence-corrected chi connectivity index (χ3v) is 2.18. The molecular weight excluding hydrogens is 198 g/mol. The molecule has 0 unspecified atom stereocenters. The van der Waals surface area contributed by atoms with Gasteiger partial charge in [0.15, 0.2) is 0 Å². The summed E-state index contributed by atoms with van der Waals surface area (Å²) >= 11 is 0. The summed E-state index contributed by atoms with van der Waals surface area (Å²) in [4.78, 5) is 21.6. The molecule has 6 nitrogen and oxygen atoms in total. The number of non-ortho nitro benzene ring substituents is 1. The molecule has 2 rings (SSSR count). The van der Waals surface area contributed by atoms with E-state index in [1.54, 1.807) is 13.0 Å². The van der Waals surface area contributed by atoms with Crippen LogP contribution in [0.1, 0.15) is 5.69 Å². The molecule has 0 fully saturated rings. The third kappa shape index (κ3) is 1.35. The third-order valence-electron chi connectivity index (χ3n) is 2.18. The minimum absolute atomic E-state index is 0.0787. The number of nitrogens with one attached hydrogen (secondary N) is 1. The second-order valence-corrected chi connectivity index (χ2v) is 3.09. The minimum atomic E-state index is -0.572. The van der Waals surface area contributed by atoms with E-state index in [9.17, 15) is 14.9 Å². The second kappa shape index (κ2) is 3.16. The number of benzene rings is 1. The van der Waals surface area contributed by atoms with Gasteiger partial charge >= 0.3 is 0 Å². The van der Waals surface area contributed by atoms with Crippen LogP contribution in [0.2, 0.25) is 0 Å². The molecule has 1 aromatic heterocycles. The standard InChI is InChI=1S/C9H7N3O3/c1-5-6-3-2-4-7(12(14)15)8(6)9(13)11-10-5/h2-4H,1H3,(H,11,13). The van der Waals surface area contributed by atoms with Crippen LogP contribution in [-0.2, 0) is 0 Å². The zero-order valence-electron chi connectivity index (χ0n) is 7.85. The molecule has 76 valence electrons. The lowest BCUT2D eigenvalue weighted by Crippen LogP contribution is -2.11. The molecule has 0 aliphatic heterocycles. The fourth-order valence-electron chi connectivity index (χ4n) is 1.48. The molecule has 0 aliphatic carbocycles. The first-order valence-electron chi connectivity index (χ1n) is 4.23. The summed E-state index contributed by atoms with van der Waals surface area (Å²) < 4.78 is 0. The van der Waals surface area contributed by atoms with Crippen molar-refractivity contribution in [3.8, 4) is 0 Å². The zero-order chi connectivity index (χ0) is 11.0. The first-order chi connectivity index (χ1) is 7.11. The largest absolute Gasteiger partial charge is 0.282 e. The van der Waals surface area contributed by atoms with E-state index in [0.717, 1.165) is 0 Å². The molecule has 0 spiro atoms. The van der Waals surface area contributed by atoms with Gasteiger partial charge in [0.2, 0.25) is 0 Å². The average molecular weight is 205 g/mol. The van der Waals surface area contributed by atoms with Crippen molar-refractivity contribution in [2.75, 3.05) is 0 Å². The van der Waals surface area contributed by atoms with Crippen molar-refractivity contribution in [1.29, 1.82) is 0 Å². The maximum atomic E-state index is 11.4. The van der Waals surface area contributed by atoms with Gasteiger partial charge in [-0.15, -0.1) is 0 Å². The Hall–Kier alpha value is -2.24. The van der Waals surface area contributed by atoms with Crippen LogP contribution in [0.15, 0.2) is 23.0 Å². The van der Waals surface area contributed by atoms with Crippen molar-refractivity contribution in [3.05, 3.63) is 44.4 Å². The van der Waals surface area contributed by atoms with Gasteiger partial charge in [-0.25, -0.2) is 5.10 Å². The highest BCUT2D eigenvalue weighted by atomic mass is 16.6. The Morgan fingerprint density at radius 3 is 2.87 bits per heavy atom. The van der Waals surface area contributed by atoms with Crippen molar-refractivity contribution in [2.24, 2.45) is 0 Å².